The third-order valence-electron chi connectivity index (χ3n) is 5.85. The third kappa shape index (κ3) is 7.62. The number of hydrogen-bond acceptors (Lipinski definition) is 4. The van der Waals surface area contributed by atoms with Gasteiger partial charge in [-0.25, -0.2) is 0 Å². The highest BCUT2D eigenvalue weighted by molar-refractivity contribution is 5.81. The molecule has 2 atom stereocenters. The first kappa shape index (κ1) is 21.9. The van der Waals surface area contributed by atoms with Crippen molar-refractivity contribution in [3.05, 3.63) is 11.6 Å². The van der Waals surface area contributed by atoms with Crippen molar-refractivity contribution in [2.24, 2.45) is 0 Å². The summed E-state index contributed by atoms with van der Waals surface area (Å²) in [5.41, 5.74) is 1.50. The highest BCUT2D eigenvalue weighted by Gasteiger charge is 2.26. The van der Waals surface area contributed by atoms with Crippen molar-refractivity contribution in [1.29, 1.82) is 0 Å². The molecule has 0 bridgehead atoms. The molecule has 0 aromatic rings. The minimum absolute atomic E-state index is 0.0978. The highest BCUT2D eigenvalue weighted by Crippen LogP contribution is 2.19. The van der Waals surface area contributed by atoms with Crippen molar-refractivity contribution in [3.63, 3.8) is 0 Å². The van der Waals surface area contributed by atoms with E-state index in [9.17, 15) is 9.59 Å². The van der Waals surface area contributed by atoms with E-state index in [1.165, 1.54) is 31.3 Å². The van der Waals surface area contributed by atoms with Gasteiger partial charge < -0.3 is 10.6 Å². The Hall–Kier alpha value is -1.40. The summed E-state index contributed by atoms with van der Waals surface area (Å²) in [4.78, 5) is 28.9. The fourth-order valence-electron chi connectivity index (χ4n) is 3.73. The molecule has 2 rings (SSSR count). The maximum absolute atomic E-state index is 12.4. The number of piperazine rings is 1. The van der Waals surface area contributed by atoms with Crippen molar-refractivity contribution in [3.8, 4) is 0 Å². The van der Waals surface area contributed by atoms with E-state index in [1.54, 1.807) is 0 Å². The molecule has 1 fully saturated rings. The molecule has 2 N–H and O–H groups in total. The molecule has 0 saturated carbocycles. The van der Waals surface area contributed by atoms with Gasteiger partial charge in [-0.1, -0.05) is 18.6 Å². The van der Waals surface area contributed by atoms with Crippen molar-refractivity contribution in [2.45, 2.75) is 71.4 Å². The predicted octanol–water partition coefficient (Wildman–Crippen LogP) is 1.91. The van der Waals surface area contributed by atoms with Crippen molar-refractivity contribution >= 4 is 11.8 Å². The molecule has 1 aliphatic heterocycles. The van der Waals surface area contributed by atoms with Crippen LogP contribution in [0.3, 0.4) is 0 Å². The van der Waals surface area contributed by atoms with E-state index >= 15 is 0 Å². The average Bonchev–Trinajstić information content (AvgIpc) is 2.68. The SMILES string of the molecule is CCC(C)NC(=O)CN1CCN(C(C)C(=O)NCCC2=CCCCC2)CC1. The molecule has 2 amide bonds. The zero-order valence-corrected chi connectivity index (χ0v) is 17.4. The largest absolute Gasteiger partial charge is 0.354 e. The Kier molecular flexibility index (Phi) is 9.28. The van der Waals surface area contributed by atoms with E-state index in [1.807, 2.05) is 13.8 Å². The fraction of sp³-hybridized carbons (Fsp3) is 0.810. The first-order valence-corrected chi connectivity index (χ1v) is 10.7. The Labute approximate surface area is 164 Å². The second-order valence-electron chi connectivity index (χ2n) is 8.01. The summed E-state index contributed by atoms with van der Waals surface area (Å²) in [7, 11) is 0. The Bertz CT molecular complexity index is 512. The zero-order valence-electron chi connectivity index (χ0n) is 17.4. The van der Waals surface area contributed by atoms with E-state index in [-0.39, 0.29) is 23.9 Å². The Morgan fingerprint density at radius 2 is 1.89 bits per heavy atom. The lowest BCUT2D eigenvalue weighted by Gasteiger charge is -2.37. The van der Waals surface area contributed by atoms with E-state index in [0.29, 0.717) is 6.54 Å². The lowest BCUT2D eigenvalue weighted by Crippen LogP contribution is -2.55. The van der Waals surface area contributed by atoms with Crippen LogP contribution < -0.4 is 10.6 Å². The summed E-state index contributed by atoms with van der Waals surface area (Å²) in [5.74, 6) is 0.218. The van der Waals surface area contributed by atoms with Gasteiger partial charge in [-0.15, -0.1) is 0 Å². The fourth-order valence-corrected chi connectivity index (χ4v) is 3.73. The summed E-state index contributed by atoms with van der Waals surface area (Å²) >= 11 is 0. The lowest BCUT2D eigenvalue weighted by molar-refractivity contribution is -0.128. The number of rotatable bonds is 9. The van der Waals surface area contributed by atoms with Gasteiger partial charge in [0.1, 0.15) is 0 Å². The van der Waals surface area contributed by atoms with Crippen LogP contribution in [0.2, 0.25) is 0 Å². The molecule has 0 aromatic heterocycles. The highest BCUT2D eigenvalue weighted by atomic mass is 16.2. The van der Waals surface area contributed by atoms with E-state index < -0.39 is 0 Å². The average molecular weight is 379 g/mol. The molecule has 1 saturated heterocycles. The number of hydrogen-bond donors (Lipinski definition) is 2. The summed E-state index contributed by atoms with van der Waals surface area (Å²) in [6.07, 6.45) is 9.25. The van der Waals surface area contributed by atoms with Crippen LogP contribution in [0, 0.1) is 0 Å². The molecule has 2 aliphatic rings. The summed E-state index contributed by atoms with van der Waals surface area (Å²) in [6.45, 7) is 10.6. The number of allylic oxidation sites excluding steroid dienone is 1. The molecular formula is C21H38N4O2. The molecule has 0 radical (unpaired) electrons. The lowest BCUT2D eigenvalue weighted by atomic mass is 9.97. The molecular weight excluding hydrogens is 340 g/mol. The van der Waals surface area contributed by atoms with Crippen LogP contribution in [0.25, 0.3) is 0 Å². The quantitative estimate of drug-likeness (QED) is 0.602. The molecule has 6 heteroatoms. The van der Waals surface area contributed by atoms with Crippen LogP contribution >= 0.6 is 0 Å². The minimum Gasteiger partial charge on any atom is -0.354 e. The normalized spacial score (nSPS) is 21.2. The first-order chi connectivity index (χ1) is 13.0. The number of nitrogens with one attached hydrogen (secondary N) is 2. The Morgan fingerprint density at radius 1 is 1.15 bits per heavy atom. The molecule has 27 heavy (non-hydrogen) atoms. The standard InChI is InChI=1S/C21H38N4O2/c1-4-17(2)23-20(26)16-24-12-14-25(15-13-24)18(3)21(27)22-11-10-19-8-6-5-7-9-19/h8,17-18H,4-7,9-16H2,1-3H3,(H,22,27)(H,23,26). The first-order valence-electron chi connectivity index (χ1n) is 10.7. The van der Waals surface area contributed by atoms with Gasteiger partial charge in [0.25, 0.3) is 0 Å². The van der Waals surface area contributed by atoms with Crippen LogP contribution in [0.4, 0.5) is 0 Å². The third-order valence-corrected chi connectivity index (χ3v) is 5.85. The zero-order chi connectivity index (χ0) is 19.6. The van der Waals surface area contributed by atoms with Gasteiger partial charge in [-0.05, 0) is 52.4 Å². The maximum atomic E-state index is 12.4. The Balaban J connectivity index is 1.64. The monoisotopic (exact) mass is 378 g/mol. The predicted molar refractivity (Wildman–Crippen MR) is 110 cm³/mol. The van der Waals surface area contributed by atoms with Gasteiger partial charge in [-0.2, -0.15) is 0 Å². The number of amides is 2. The van der Waals surface area contributed by atoms with Gasteiger partial charge in [-0.3, -0.25) is 19.4 Å². The number of carbonyl (C=O) groups is 2. The van der Waals surface area contributed by atoms with Gasteiger partial charge in [0.05, 0.1) is 12.6 Å². The van der Waals surface area contributed by atoms with Gasteiger partial charge in [0, 0.05) is 38.8 Å². The maximum Gasteiger partial charge on any atom is 0.237 e. The van der Waals surface area contributed by atoms with Gasteiger partial charge in [0.2, 0.25) is 11.8 Å². The molecule has 154 valence electrons. The van der Waals surface area contributed by atoms with Crippen LogP contribution in [-0.2, 0) is 9.59 Å². The molecule has 0 aromatic carbocycles. The van der Waals surface area contributed by atoms with E-state index in [4.69, 9.17) is 0 Å². The smallest absolute Gasteiger partial charge is 0.237 e. The molecule has 1 aliphatic carbocycles. The van der Waals surface area contributed by atoms with Crippen LogP contribution in [0.1, 0.15) is 59.3 Å². The van der Waals surface area contributed by atoms with Crippen molar-refractivity contribution in [1.82, 2.24) is 20.4 Å². The molecule has 0 spiro atoms. The van der Waals surface area contributed by atoms with Gasteiger partial charge >= 0.3 is 0 Å². The van der Waals surface area contributed by atoms with Crippen LogP contribution in [-0.4, -0.2) is 73.0 Å². The number of carbonyl (C=O) groups excluding carboxylic acids is 2. The van der Waals surface area contributed by atoms with Crippen molar-refractivity contribution in [2.75, 3.05) is 39.3 Å². The van der Waals surface area contributed by atoms with Gasteiger partial charge in [0.15, 0.2) is 0 Å². The summed E-state index contributed by atoms with van der Waals surface area (Å²) < 4.78 is 0. The van der Waals surface area contributed by atoms with E-state index in [0.717, 1.165) is 45.6 Å². The molecule has 2 unspecified atom stereocenters. The second kappa shape index (κ2) is 11.4. The molecule has 6 nitrogen and oxygen atoms in total. The topological polar surface area (TPSA) is 64.7 Å². The van der Waals surface area contributed by atoms with Crippen LogP contribution in [0.15, 0.2) is 11.6 Å². The Morgan fingerprint density at radius 3 is 2.52 bits per heavy atom. The second-order valence-corrected chi connectivity index (χ2v) is 8.01. The number of nitrogens with zero attached hydrogens (tertiary/aromatic N) is 2. The van der Waals surface area contributed by atoms with Crippen LogP contribution in [0.5, 0.6) is 0 Å². The van der Waals surface area contributed by atoms with E-state index in [2.05, 4.69) is 33.4 Å². The minimum atomic E-state index is -0.110. The summed E-state index contributed by atoms with van der Waals surface area (Å²) in [6, 6.07) is 0.119. The van der Waals surface area contributed by atoms with Crippen molar-refractivity contribution < 1.29 is 9.59 Å². The molecule has 1 heterocycles. The summed E-state index contributed by atoms with van der Waals surface area (Å²) in [5, 5.41) is 6.12.